The van der Waals surface area contributed by atoms with Crippen molar-refractivity contribution in [3.63, 3.8) is 0 Å². The van der Waals surface area contributed by atoms with Gasteiger partial charge in [-0.1, -0.05) is 47.1 Å². The van der Waals surface area contributed by atoms with Crippen molar-refractivity contribution >= 4 is 17.8 Å². The Labute approximate surface area is 141 Å². The van der Waals surface area contributed by atoms with Gasteiger partial charge in [-0.15, -0.1) is 0 Å². The molecule has 2 rings (SSSR count). The number of benzene rings is 2. The maximum absolute atomic E-state index is 8.86. The number of hydrogen-bond acceptors (Lipinski definition) is 4. The summed E-state index contributed by atoms with van der Waals surface area (Å²) in [5.41, 5.74) is 2.72. The maximum atomic E-state index is 8.86. The summed E-state index contributed by atoms with van der Waals surface area (Å²) in [6, 6.07) is 13.8. The van der Waals surface area contributed by atoms with Gasteiger partial charge in [-0.25, -0.2) is 0 Å². The van der Waals surface area contributed by atoms with Crippen LogP contribution in [-0.2, 0) is 6.54 Å². The molecule has 0 aliphatic carbocycles. The van der Waals surface area contributed by atoms with Crippen LogP contribution in [0.1, 0.15) is 23.6 Å². The lowest BCUT2D eigenvalue weighted by molar-refractivity contribution is 0.0548. The molecule has 0 heterocycles. The summed E-state index contributed by atoms with van der Waals surface area (Å²) in [4.78, 5) is 2.10. The maximum Gasteiger partial charge on any atom is 0.149 e. The minimum atomic E-state index is -0.151. The van der Waals surface area contributed by atoms with E-state index in [-0.39, 0.29) is 6.23 Å². The summed E-state index contributed by atoms with van der Waals surface area (Å²) < 4.78 is 6.03. The third kappa shape index (κ3) is 4.47. The molecule has 0 spiro atoms. The summed E-state index contributed by atoms with van der Waals surface area (Å²) in [6.07, 6.45) is 1.20. The summed E-state index contributed by atoms with van der Waals surface area (Å²) >= 11 is 6.12. The number of oxime groups is 1. The van der Waals surface area contributed by atoms with Crippen LogP contribution in [0.15, 0.2) is 47.6 Å². The van der Waals surface area contributed by atoms with Crippen LogP contribution < -0.4 is 4.74 Å². The van der Waals surface area contributed by atoms with Crippen molar-refractivity contribution < 1.29 is 9.94 Å². The van der Waals surface area contributed by atoms with E-state index in [1.165, 1.54) is 11.8 Å². The Balaban J connectivity index is 2.13. The highest BCUT2D eigenvalue weighted by molar-refractivity contribution is 6.31. The van der Waals surface area contributed by atoms with Crippen LogP contribution in [0.2, 0.25) is 5.02 Å². The van der Waals surface area contributed by atoms with Crippen molar-refractivity contribution in [2.75, 3.05) is 7.05 Å². The molecule has 5 heteroatoms. The molecule has 1 unspecified atom stereocenters. The van der Waals surface area contributed by atoms with Crippen LogP contribution in [0, 0.1) is 6.92 Å². The van der Waals surface area contributed by atoms with Gasteiger partial charge >= 0.3 is 0 Å². The molecule has 0 amide bonds. The Morgan fingerprint density at radius 3 is 2.61 bits per heavy atom. The Kier molecular flexibility index (Phi) is 6.02. The number of hydrogen-bond donors (Lipinski definition) is 1. The largest absolute Gasteiger partial charge is 0.475 e. The molecule has 0 radical (unpaired) electrons. The van der Waals surface area contributed by atoms with Crippen LogP contribution in [0.25, 0.3) is 0 Å². The minimum absolute atomic E-state index is 0.151. The van der Waals surface area contributed by atoms with Gasteiger partial charge in [-0.3, -0.25) is 4.90 Å². The molecule has 122 valence electrons. The Hall–Kier alpha value is -2.04. The SMILES string of the molecule is Cc1c(Cl)ccc(OC(C)N(C)Cc2ccccc2)c1/C=N/O. The van der Waals surface area contributed by atoms with E-state index in [0.29, 0.717) is 16.3 Å². The number of ether oxygens (including phenoxy) is 1. The van der Waals surface area contributed by atoms with Crippen molar-refractivity contribution in [2.45, 2.75) is 26.6 Å². The van der Waals surface area contributed by atoms with Crippen LogP contribution in [0.3, 0.4) is 0 Å². The summed E-state index contributed by atoms with van der Waals surface area (Å²) in [5, 5.41) is 12.6. The zero-order chi connectivity index (χ0) is 16.8. The second-order valence-corrected chi connectivity index (χ2v) is 5.85. The fraction of sp³-hybridized carbons (Fsp3) is 0.278. The highest BCUT2D eigenvalue weighted by Crippen LogP contribution is 2.28. The molecule has 23 heavy (non-hydrogen) atoms. The molecule has 2 aromatic carbocycles. The van der Waals surface area contributed by atoms with Gasteiger partial charge in [0.05, 0.1) is 6.21 Å². The van der Waals surface area contributed by atoms with E-state index >= 15 is 0 Å². The van der Waals surface area contributed by atoms with Gasteiger partial charge in [0.25, 0.3) is 0 Å². The standard InChI is InChI=1S/C18H21ClN2O2/c1-13-16(11-20-22)18(10-9-17(13)19)23-14(2)21(3)12-15-7-5-4-6-8-15/h4-11,14,22H,12H2,1-3H3/b20-11+. The first kappa shape index (κ1) is 17.3. The average molecular weight is 333 g/mol. The normalized spacial score (nSPS) is 12.7. The second kappa shape index (κ2) is 7.99. The quantitative estimate of drug-likeness (QED) is 0.371. The number of halogens is 1. The molecule has 0 saturated carbocycles. The first-order valence-electron chi connectivity index (χ1n) is 7.40. The summed E-state index contributed by atoms with van der Waals surface area (Å²) in [7, 11) is 2.00. The first-order chi connectivity index (χ1) is 11.0. The van der Waals surface area contributed by atoms with E-state index < -0.39 is 0 Å². The molecule has 0 aliphatic rings. The molecule has 1 atom stereocenters. The first-order valence-corrected chi connectivity index (χ1v) is 7.78. The van der Waals surface area contributed by atoms with E-state index in [0.717, 1.165) is 12.1 Å². The summed E-state index contributed by atoms with van der Waals surface area (Å²) in [5.74, 6) is 0.636. The Bertz CT molecular complexity index is 674. The van der Waals surface area contributed by atoms with E-state index in [1.54, 1.807) is 12.1 Å². The fourth-order valence-electron chi connectivity index (χ4n) is 2.27. The molecule has 0 saturated heterocycles. The van der Waals surface area contributed by atoms with Crippen molar-refractivity contribution in [3.05, 3.63) is 64.2 Å². The van der Waals surface area contributed by atoms with E-state index in [1.807, 2.05) is 39.1 Å². The lowest BCUT2D eigenvalue weighted by Gasteiger charge is -2.26. The predicted octanol–water partition coefficient (Wildman–Crippen LogP) is 4.31. The van der Waals surface area contributed by atoms with Crippen LogP contribution in [0.5, 0.6) is 5.75 Å². The highest BCUT2D eigenvalue weighted by atomic mass is 35.5. The molecule has 4 nitrogen and oxygen atoms in total. The van der Waals surface area contributed by atoms with Gasteiger partial charge in [-0.05, 0) is 44.2 Å². The Morgan fingerprint density at radius 2 is 1.96 bits per heavy atom. The molecule has 0 aromatic heterocycles. The van der Waals surface area contributed by atoms with Crippen molar-refractivity contribution in [3.8, 4) is 5.75 Å². The summed E-state index contributed by atoms with van der Waals surface area (Å²) in [6.45, 7) is 4.62. The van der Waals surface area contributed by atoms with Crippen LogP contribution >= 0.6 is 11.6 Å². The smallest absolute Gasteiger partial charge is 0.149 e. The van der Waals surface area contributed by atoms with Crippen molar-refractivity contribution in [1.82, 2.24) is 4.90 Å². The van der Waals surface area contributed by atoms with E-state index in [4.69, 9.17) is 21.5 Å². The zero-order valence-corrected chi connectivity index (χ0v) is 14.3. The highest BCUT2D eigenvalue weighted by Gasteiger charge is 2.15. The third-order valence-corrected chi connectivity index (χ3v) is 4.20. The van der Waals surface area contributed by atoms with Crippen molar-refractivity contribution in [1.29, 1.82) is 0 Å². The van der Waals surface area contributed by atoms with Gasteiger partial charge in [0.1, 0.15) is 12.0 Å². The fourth-order valence-corrected chi connectivity index (χ4v) is 2.44. The molecule has 0 aliphatic heterocycles. The average Bonchev–Trinajstić information content (AvgIpc) is 2.55. The lowest BCUT2D eigenvalue weighted by atomic mass is 10.1. The van der Waals surface area contributed by atoms with Gasteiger partial charge < -0.3 is 9.94 Å². The predicted molar refractivity (Wildman–Crippen MR) is 93.6 cm³/mol. The van der Waals surface area contributed by atoms with E-state index in [9.17, 15) is 0 Å². The van der Waals surface area contributed by atoms with Crippen molar-refractivity contribution in [2.24, 2.45) is 5.16 Å². The lowest BCUT2D eigenvalue weighted by Crippen LogP contribution is -2.33. The molecular weight excluding hydrogens is 312 g/mol. The molecular formula is C18H21ClN2O2. The second-order valence-electron chi connectivity index (χ2n) is 5.45. The zero-order valence-electron chi connectivity index (χ0n) is 13.5. The Morgan fingerprint density at radius 1 is 1.26 bits per heavy atom. The van der Waals surface area contributed by atoms with Gasteiger partial charge in [-0.2, -0.15) is 0 Å². The minimum Gasteiger partial charge on any atom is -0.475 e. The van der Waals surface area contributed by atoms with Crippen LogP contribution in [0.4, 0.5) is 0 Å². The van der Waals surface area contributed by atoms with Gasteiger partial charge in [0, 0.05) is 17.1 Å². The third-order valence-electron chi connectivity index (χ3n) is 3.79. The topological polar surface area (TPSA) is 45.1 Å². The van der Waals surface area contributed by atoms with Gasteiger partial charge in [0.2, 0.25) is 0 Å². The monoisotopic (exact) mass is 332 g/mol. The number of rotatable bonds is 6. The molecule has 1 N–H and O–H groups in total. The molecule has 0 bridgehead atoms. The van der Waals surface area contributed by atoms with Crippen LogP contribution in [-0.4, -0.2) is 29.6 Å². The van der Waals surface area contributed by atoms with Gasteiger partial charge in [0.15, 0.2) is 0 Å². The number of nitrogens with zero attached hydrogens (tertiary/aromatic N) is 2. The molecule has 2 aromatic rings. The van der Waals surface area contributed by atoms with E-state index in [2.05, 4.69) is 22.2 Å². The molecule has 0 fully saturated rings.